The first kappa shape index (κ1) is 22.6. The number of alkyl halides is 3. The molecule has 0 saturated carbocycles. The third kappa shape index (κ3) is 5.07. The van der Waals surface area contributed by atoms with Gasteiger partial charge in [0, 0.05) is 19.2 Å². The zero-order valence-corrected chi connectivity index (χ0v) is 14.8. The van der Waals surface area contributed by atoms with Gasteiger partial charge in [0.25, 0.3) is 5.69 Å². The number of amides is 1. The minimum Gasteiger partial charge on any atom is -0.481 e. The van der Waals surface area contributed by atoms with Gasteiger partial charge in [0.15, 0.2) is 0 Å². The van der Waals surface area contributed by atoms with Crippen molar-refractivity contribution >= 4 is 35.7 Å². The zero-order valence-electron chi connectivity index (χ0n) is 14.0. The number of carboxylic acid groups (broad SMARTS) is 1. The number of hydrogen-bond acceptors (Lipinski definition) is 5. The first-order valence-electron chi connectivity index (χ1n) is 7.60. The summed E-state index contributed by atoms with van der Waals surface area (Å²) in [6, 6.07) is 4.25. The quantitative estimate of drug-likeness (QED) is 0.568. The molecular weight excluding hydrogens is 395 g/mol. The van der Waals surface area contributed by atoms with E-state index in [1.165, 1.54) is 31.2 Å². The van der Waals surface area contributed by atoms with Gasteiger partial charge < -0.3 is 10.4 Å². The molecule has 1 aromatic rings. The van der Waals surface area contributed by atoms with E-state index in [4.69, 9.17) is 5.11 Å². The highest BCUT2D eigenvalue weighted by molar-refractivity contribution is 5.96. The Labute approximate surface area is 157 Å². The molecule has 0 radical (unpaired) electrons. The van der Waals surface area contributed by atoms with Crippen LogP contribution in [0, 0.1) is 22.0 Å². The number of carbonyl (C=O) groups is 2. The molecule has 12 heteroatoms. The number of hydrogen-bond donors (Lipinski definition) is 2. The molecule has 1 unspecified atom stereocenters. The van der Waals surface area contributed by atoms with Gasteiger partial charge in [-0.15, -0.1) is 12.4 Å². The van der Waals surface area contributed by atoms with Crippen molar-refractivity contribution in [2.75, 3.05) is 18.4 Å². The fourth-order valence-corrected chi connectivity index (χ4v) is 2.87. The molecule has 8 nitrogen and oxygen atoms in total. The fraction of sp³-hybridized carbons (Fsp3) is 0.467. The molecule has 150 valence electrons. The second-order valence-corrected chi connectivity index (χ2v) is 5.99. The smallest absolute Gasteiger partial charge is 0.393 e. The van der Waals surface area contributed by atoms with Crippen LogP contribution in [0.5, 0.6) is 0 Å². The SMILES string of the molecule is CC(C(=O)Nc1ccccc1[N+](=O)[O-])N1C[C@@H](C(F)(F)F)[C@H](C(=O)O)C1.Cl. The Balaban J connectivity index is 0.00000364. The summed E-state index contributed by atoms with van der Waals surface area (Å²) < 4.78 is 39.1. The van der Waals surface area contributed by atoms with Crippen LogP contribution in [0.2, 0.25) is 0 Å². The molecule has 1 aliphatic rings. The third-order valence-electron chi connectivity index (χ3n) is 4.37. The van der Waals surface area contributed by atoms with Crippen LogP contribution in [-0.2, 0) is 9.59 Å². The van der Waals surface area contributed by atoms with Crippen LogP contribution in [0.3, 0.4) is 0 Å². The molecule has 1 fully saturated rings. The number of likely N-dealkylation sites (tertiary alicyclic amines) is 1. The van der Waals surface area contributed by atoms with Gasteiger partial charge in [-0.25, -0.2) is 0 Å². The molecule has 3 atom stereocenters. The first-order chi connectivity index (χ1) is 12.0. The number of carboxylic acids is 1. The highest BCUT2D eigenvalue weighted by Crippen LogP contribution is 2.38. The van der Waals surface area contributed by atoms with Crippen molar-refractivity contribution in [1.29, 1.82) is 0 Å². The number of nitrogens with one attached hydrogen (secondary N) is 1. The highest BCUT2D eigenvalue weighted by atomic mass is 35.5. The lowest BCUT2D eigenvalue weighted by atomic mass is 9.96. The number of benzene rings is 1. The zero-order chi connectivity index (χ0) is 19.6. The molecule has 1 heterocycles. The van der Waals surface area contributed by atoms with Crippen LogP contribution in [-0.4, -0.2) is 52.1 Å². The molecule has 27 heavy (non-hydrogen) atoms. The van der Waals surface area contributed by atoms with Crippen molar-refractivity contribution in [3.8, 4) is 0 Å². The van der Waals surface area contributed by atoms with Crippen LogP contribution in [0.4, 0.5) is 24.5 Å². The molecule has 0 aromatic heterocycles. The number of rotatable bonds is 5. The normalized spacial score (nSPS) is 21.2. The van der Waals surface area contributed by atoms with Gasteiger partial charge in [0.05, 0.1) is 22.8 Å². The summed E-state index contributed by atoms with van der Waals surface area (Å²) in [4.78, 5) is 34.8. The lowest BCUT2D eigenvalue weighted by molar-refractivity contribution is -0.383. The maximum absolute atomic E-state index is 13.0. The summed E-state index contributed by atoms with van der Waals surface area (Å²) in [5.74, 6) is -6.09. The number of anilines is 1. The number of nitrogens with zero attached hydrogens (tertiary/aromatic N) is 2. The highest BCUT2D eigenvalue weighted by Gasteiger charge is 2.53. The largest absolute Gasteiger partial charge is 0.481 e. The predicted molar refractivity (Wildman–Crippen MR) is 90.7 cm³/mol. The van der Waals surface area contributed by atoms with Gasteiger partial charge in [0.2, 0.25) is 5.91 Å². The summed E-state index contributed by atoms with van der Waals surface area (Å²) in [6.45, 7) is 0.249. The van der Waals surface area contributed by atoms with E-state index in [9.17, 15) is 32.9 Å². The number of aliphatic carboxylic acids is 1. The average molecular weight is 412 g/mol. The third-order valence-corrected chi connectivity index (χ3v) is 4.37. The number of nitro groups is 1. The standard InChI is InChI=1S/C15H16F3N3O5.ClH/c1-8(13(22)19-11-4-2-3-5-12(11)21(25)26)20-6-9(14(23)24)10(7-20)15(16,17)18;/h2-5,8-10H,6-7H2,1H3,(H,19,22)(H,23,24);1H/t8?,9-,10-;/m1./s1. The van der Waals surface area contributed by atoms with Crippen molar-refractivity contribution in [1.82, 2.24) is 4.90 Å². The van der Waals surface area contributed by atoms with Crippen LogP contribution in [0.25, 0.3) is 0 Å². The van der Waals surface area contributed by atoms with Gasteiger partial charge in [-0.05, 0) is 13.0 Å². The number of nitro benzene ring substituents is 1. The Morgan fingerprint density at radius 1 is 1.33 bits per heavy atom. The maximum atomic E-state index is 13.0. The van der Waals surface area contributed by atoms with E-state index >= 15 is 0 Å². The van der Waals surface area contributed by atoms with E-state index in [-0.39, 0.29) is 23.8 Å². The van der Waals surface area contributed by atoms with Crippen LogP contribution in [0.15, 0.2) is 24.3 Å². The molecule has 1 saturated heterocycles. The topological polar surface area (TPSA) is 113 Å². The van der Waals surface area contributed by atoms with Crippen molar-refractivity contribution in [3.05, 3.63) is 34.4 Å². The van der Waals surface area contributed by atoms with Crippen molar-refractivity contribution < 1.29 is 32.8 Å². The van der Waals surface area contributed by atoms with E-state index < -0.39 is 53.9 Å². The Bertz CT molecular complexity index is 731. The van der Waals surface area contributed by atoms with Crippen LogP contribution >= 0.6 is 12.4 Å². The molecule has 2 N–H and O–H groups in total. The summed E-state index contributed by atoms with van der Waals surface area (Å²) >= 11 is 0. The van der Waals surface area contributed by atoms with Crippen LogP contribution in [0.1, 0.15) is 6.92 Å². The number of para-hydroxylation sites is 2. The Morgan fingerprint density at radius 3 is 2.41 bits per heavy atom. The molecule has 0 bridgehead atoms. The summed E-state index contributed by atoms with van der Waals surface area (Å²) in [6.07, 6.45) is -4.70. The minimum atomic E-state index is -4.70. The summed E-state index contributed by atoms with van der Waals surface area (Å²) in [5, 5.41) is 22.3. The van der Waals surface area contributed by atoms with Crippen LogP contribution < -0.4 is 5.32 Å². The van der Waals surface area contributed by atoms with E-state index in [2.05, 4.69) is 5.32 Å². The van der Waals surface area contributed by atoms with E-state index in [1.54, 1.807) is 0 Å². The van der Waals surface area contributed by atoms with E-state index in [0.717, 1.165) is 4.90 Å². The number of halogens is 4. The fourth-order valence-electron chi connectivity index (χ4n) is 2.87. The Kier molecular flexibility index (Phi) is 7.15. The molecule has 2 rings (SSSR count). The van der Waals surface area contributed by atoms with E-state index in [1.807, 2.05) is 0 Å². The monoisotopic (exact) mass is 411 g/mol. The second-order valence-electron chi connectivity index (χ2n) is 5.99. The second kappa shape index (κ2) is 8.53. The Morgan fingerprint density at radius 2 is 1.93 bits per heavy atom. The molecule has 1 aliphatic heterocycles. The molecule has 0 spiro atoms. The number of carbonyl (C=O) groups excluding carboxylic acids is 1. The minimum absolute atomic E-state index is 0. The lowest BCUT2D eigenvalue weighted by Gasteiger charge is -2.23. The molecule has 1 aromatic carbocycles. The first-order valence-corrected chi connectivity index (χ1v) is 7.60. The summed E-state index contributed by atoms with van der Waals surface area (Å²) in [7, 11) is 0. The summed E-state index contributed by atoms with van der Waals surface area (Å²) in [5.41, 5.74) is -0.443. The predicted octanol–water partition coefficient (Wildman–Crippen LogP) is 2.54. The van der Waals surface area contributed by atoms with Crippen molar-refractivity contribution in [2.45, 2.75) is 19.1 Å². The van der Waals surface area contributed by atoms with Crippen molar-refractivity contribution in [2.24, 2.45) is 11.8 Å². The average Bonchev–Trinajstić information content (AvgIpc) is 3.00. The van der Waals surface area contributed by atoms with Gasteiger partial charge in [-0.1, -0.05) is 12.1 Å². The van der Waals surface area contributed by atoms with Crippen molar-refractivity contribution in [3.63, 3.8) is 0 Å². The molecule has 0 aliphatic carbocycles. The molecular formula is C15H17ClF3N3O5. The van der Waals surface area contributed by atoms with E-state index in [0.29, 0.717) is 0 Å². The Hall–Kier alpha value is -2.40. The van der Waals surface area contributed by atoms with Gasteiger partial charge in [0.1, 0.15) is 5.69 Å². The lowest BCUT2D eigenvalue weighted by Crippen LogP contribution is -2.41. The van der Waals surface area contributed by atoms with Gasteiger partial charge >= 0.3 is 12.1 Å². The molecule has 1 amide bonds. The van der Waals surface area contributed by atoms with Gasteiger partial charge in [-0.3, -0.25) is 24.6 Å². The van der Waals surface area contributed by atoms with Gasteiger partial charge in [-0.2, -0.15) is 13.2 Å². The maximum Gasteiger partial charge on any atom is 0.393 e.